The van der Waals surface area contributed by atoms with E-state index < -0.39 is 11.9 Å². The van der Waals surface area contributed by atoms with Crippen LogP contribution < -0.4 is 10.1 Å². The van der Waals surface area contributed by atoms with Crippen molar-refractivity contribution < 1.29 is 19.1 Å². The molecule has 3 aromatic rings. The minimum atomic E-state index is -0.612. The molecule has 0 aliphatic carbocycles. The predicted octanol–water partition coefficient (Wildman–Crippen LogP) is 4.73. The number of aromatic nitrogens is 2. The number of nitriles is 1. The van der Waals surface area contributed by atoms with Gasteiger partial charge in [0.15, 0.2) is 0 Å². The number of nitrogens with zero attached hydrogens (tertiary/aromatic N) is 3. The van der Waals surface area contributed by atoms with E-state index in [9.17, 15) is 14.9 Å². The van der Waals surface area contributed by atoms with Crippen LogP contribution in [0, 0.1) is 25.2 Å². The molecule has 0 unspecified atom stereocenters. The maximum absolute atomic E-state index is 12.8. The monoisotopic (exact) mass is 478 g/mol. The Labute approximate surface area is 202 Å². The van der Waals surface area contributed by atoms with Gasteiger partial charge in [-0.2, -0.15) is 10.4 Å². The van der Waals surface area contributed by atoms with Crippen LogP contribution in [-0.2, 0) is 16.1 Å². The molecule has 0 saturated heterocycles. The van der Waals surface area contributed by atoms with Crippen molar-refractivity contribution >= 4 is 34.3 Å². The number of hydrogen-bond donors (Lipinski definition) is 1. The molecular weight excluding hydrogens is 452 g/mol. The van der Waals surface area contributed by atoms with E-state index in [0.29, 0.717) is 22.9 Å². The normalized spacial score (nSPS) is 11.3. The average molecular weight is 479 g/mol. The summed E-state index contributed by atoms with van der Waals surface area (Å²) in [7, 11) is 1.59. The summed E-state index contributed by atoms with van der Waals surface area (Å²) in [4.78, 5) is 25.1. The van der Waals surface area contributed by atoms with Crippen LogP contribution in [0.2, 0.25) is 0 Å². The van der Waals surface area contributed by atoms with E-state index in [1.807, 2.05) is 36.7 Å². The van der Waals surface area contributed by atoms with Crippen LogP contribution in [0.15, 0.2) is 41.3 Å². The fourth-order valence-corrected chi connectivity index (χ4v) is 4.11. The number of carbonyl (C=O) groups excluding carboxylic acids is 2. The molecule has 8 nitrogen and oxygen atoms in total. The van der Waals surface area contributed by atoms with Gasteiger partial charge >= 0.3 is 5.97 Å². The molecule has 0 aliphatic rings. The summed E-state index contributed by atoms with van der Waals surface area (Å²) in [6.45, 7) is 7.88. The highest BCUT2D eigenvalue weighted by molar-refractivity contribution is 7.14. The first kappa shape index (κ1) is 24.7. The lowest BCUT2D eigenvalue weighted by molar-refractivity contribution is -0.112. The second-order valence-corrected chi connectivity index (χ2v) is 8.81. The highest BCUT2D eigenvalue weighted by atomic mass is 32.1. The number of benzene rings is 1. The summed E-state index contributed by atoms with van der Waals surface area (Å²) in [5, 5.41) is 18.8. The fraction of sp³-hybridized carbons (Fsp3) is 0.280. The number of hydrogen-bond acceptors (Lipinski definition) is 7. The first-order valence-electron chi connectivity index (χ1n) is 10.6. The van der Waals surface area contributed by atoms with E-state index in [1.165, 1.54) is 17.4 Å². The Morgan fingerprint density at radius 2 is 2.03 bits per heavy atom. The van der Waals surface area contributed by atoms with E-state index in [0.717, 1.165) is 17.0 Å². The van der Waals surface area contributed by atoms with Crippen LogP contribution in [0.1, 0.15) is 46.7 Å². The molecule has 0 atom stereocenters. The van der Waals surface area contributed by atoms with Gasteiger partial charge in [0.2, 0.25) is 0 Å². The van der Waals surface area contributed by atoms with Crippen molar-refractivity contribution in [3.05, 3.63) is 69.4 Å². The minimum Gasteiger partial charge on any atom is -0.496 e. The summed E-state index contributed by atoms with van der Waals surface area (Å²) in [6, 6.07) is 10.9. The minimum absolute atomic E-state index is 0.0983. The zero-order chi connectivity index (χ0) is 24.8. The van der Waals surface area contributed by atoms with Gasteiger partial charge in [0.25, 0.3) is 5.91 Å². The van der Waals surface area contributed by atoms with Crippen molar-refractivity contribution in [2.45, 2.75) is 40.3 Å². The third-order valence-electron chi connectivity index (χ3n) is 4.86. The Morgan fingerprint density at radius 1 is 1.26 bits per heavy atom. The molecule has 2 aromatic heterocycles. The number of methoxy groups -OCH3 is 1. The lowest BCUT2D eigenvalue weighted by Crippen LogP contribution is -2.17. The Morgan fingerprint density at radius 3 is 2.65 bits per heavy atom. The van der Waals surface area contributed by atoms with Gasteiger partial charge in [-0.25, -0.2) is 4.79 Å². The molecular formula is C25H26N4O4S. The van der Waals surface area contributed by atoms with Crippen molar-refractivity contribution in [2.75, 3.05) is 12.4 Å². The van der Waals surface area contributed by atoms with E-state index in [4.69, 9.17) is 9.47 Å². The standard InChI is InChI=1S/C25H26N4O4S/c1-15(2)33-25(31)21-8-9-34-24(21)27-23(30)19(13-26)11-18-6-7-22(32-5)20(12-18)14-29-17(4)10-16(3)28-29/h6-12,15H,14H2,1-5H3,(H,27,30). The van der Waals surface area contributed by atoms with Crippen molar-refractivity contribution in [3.63, 3.8) is 0 Å². The number of esters is 1. The maximum Gasteiger partial charge on any atom is 0.341 e. The number of nitrogens with one attached hydrogen (secondary N) is 1. The van der Waals surface area contributed by atoms with Crippen LogP contribution in [-0.4, -0.2) is 34.9 Å². The average Bonchev–Trinajstić information content (AvgIpc) is 3.37. The molecule has 3 rings (SSSR count). The van der Waals surface area contributed by atoms with E-state index in [2.05, 4.69) is 10.4 Å². The number of aryl methyl sites for hydroxylation is 2. The first-order valence-corrected chi connectivity index (χ1v) is 11.5. The van der Waals surface area contributed by atoms with Crippen LogP contribution in [0.5, 0.6) is 5.75 Å². The van der Waals surface area contributed by atoms with Crippen LogP contribution in [0.25, 0.3) is 6.08 Å². The van der Waals surface area contributed by atoms with Crippen LogP contribution in [0.3, 0.4) is 0 Å². The quantitative estimate of drug-likeness (QED) is 0.285. The highest BCUT2D eigenvalue weighted by Crippen LogP contribution is 2.26. The smallest absolute Gasteiger partial charge is 0.341 e. The zero-order valence-electron chi connectivity index (χ0n) is 19.7. The Bertz CT molecular complexity index is 1280. The molecule has 9 heteroatoms. The number of amides is 1. The Kier molecular flexibility index (Phi) is 7.87. The second-order valence-electron chi connectivity index (χ2n) is 7.90. The largest absolute Gasteiger partial charge is 0.496 e. The molecule has 0 saturated carbocycles. The third-order valence-corrected chi connectivity index (χ3v) is 5.69. The number of carbonyl (C=O) groups is 2. The van der Waals surface area contributed by atoms with Crippen LogP contribution >= 0.6 is 11.3 Å². The SMILES string of the molecule is COc1ccc(C=C(C#N)C(=O)Nc2sccc2C(=O)OC(C)C)cc1Cn1nc(C)cc1C. The number of rotatable bonds is 8. The first-order chi connectivity index (χ1) is 16.2. The van der Waals surface area contributed by atoms with E-state index in [1.54, 1.807) is 44.5 Å². The number of ether oxygens (including phenoxy) is 2. The predicted molar refractivity (Wildman–Crippen MR) is 131 cm³/mol. The summed E-state index contributed by atoms with van der Waals surface area (Å²) in [5.74, 6) is -0.461. The van der Waals surface area contributed by atoms with Crippen molar-refractivity contribution in [2.24, 2.45) is 0 Å². The van der Waals surface area contributed by atoms with Gasteiger partial charge in [-0.3, -0.25) is 9.48 Å². The highest BCUT2D eigenvalue weighted by Gasteiger charge is 2.19. The Balaban J connectivity index is 1.85. The molecule has 1 N–H and O–H groups in total. The number of thiophene rings is 1. The third kappa shape index (κ3) is 5.91. The van der Waals surface area contributed by atoms with E-state index >= 15 is 0 Å². The fourth-order valence-electron chi connectivity index (χ4n) is 3.34. The van der Waals surface area contributed by atoms with E-state index in [-0.39, 0.29) is 17.2 Å². The topological polar surface area (TPSA) is 106 Å². The van der Waals surface area contributed by atoms with Gasteiger partial charge < -0.3 is 14.8 Å². The van der Waals surface area contributed by atoms with Gasteiger partial charge in [0, 0.05) is 11.3 Å². The number of anilines is 1. The van der Waals surface area contributed by atoms with Gasteiger partial charge in [0.05, 0.1) is 31.0 Å². The lowest BCUT2D eigenvalue weighted by Gasteiger charge is -2.11. The molecule has 34 heavy (non-hydrogen) atoms. The Hall–Kier alpha value is -3.90. The summed E-state index contributed by atoms with van der Waals surface area (Å²) >= 11 is 1.18. The molecule has 0 bridgehead atoms. The maximum atomic E-state index is 12.8. The van der Waals surface area contributed by atoms with Crippen molar-refractivity contribution in [1.29, 1.82) is 5.26 Å². The van der Waals surface area contributed by atoms with Gasteiger partial charge in [0.1, 0.15) is 22.4 Å². The van der Waals surface area contributed by atoms with Gasteiger partial charge in [-0.15, -0.1) is 11.3 Å². The van der Waals surface area contributed by atoms with Gasteiger partial charge in [-0.1, -0.05) is 6.07 Å². The summed E-state index contributed by atoms with van der Waals surface area (Å²) in [6.07, 6.45) is 1.21. The molecule has 0 spiro atoms. The second kappa shape index (κ2) is 10.8. The molecule has 1 aromatic carbocycles. The molecule has 0 fully saturated rings. The molecule has 0 radical (unpaired) electrons. The molecule has 176 valence electrons. The van der Waals surface area contributed by atoms with Crippen molar-refractivity contribution in [1.82, 2.24) is 9.78 Å². The molecule has 0 aliphatic heterocycles. The van der Waals surface area contributed by atoms with Gasteiger partial charge in [-0.05, 0) is 69.0 Å². The summed E-state index contributed by atoms with van der Waals surface area (Å²) in [5.41, 5.74) is 3.60. The molecule has 2 heterocycles. The lowest BCUT2D eigenvalue weighted by atomic mass is 10.1. The summed E-state index contributed by atoms with van der Waals surface area (Å²) < 4.78 is 12.6. The van der Waals surface area contributed by atoms with Crippen molar-refractivity contribution in [3.8, 4) is 11.8 Å². The zero-order valence-corrected chi connectivity index (χ0v) is 20.5. The molecule has 1 amide bonds. The van der Waals surface area contributed by atoms with Crippen LogP contribution in [0.4, 0.5) is 5.00 Å².